The number of H-pyrrole nitrogens is 1. The molecular weight excluding hydrogens is 315 g/mol. The maximum Gasteiger partial charge on any atom is 0.159 e. The lowest BCUT2D eigenvalue weighted by Crippen LogP contribution is -1.94. The second kappa shape index (κ2) is 6.65. The van der Waals surface area contributed by atoms with E-state index >= 15 is 0 Å². The summed E-state index contributed by atoms with van der Waals surface area (Å²) in [5, 5.41) is 0. The van der Waals surface area contributed by atoms with Crippen molar-refractivity contribution in [3.8, 4) is 22.6 Å². The summed E-state index contributed by atoms with van der Waals surface area (Å²) in [5.41, 5.74) is 3.23. The van der Waals surface area contributed by atoms with E-state index in [2.05, 4.69) is 19.9 Å². The highest BCUT2D eigenvalue weighted by Gasteiger charge is 2.08. The lowest BCUT2D eigenvalue weighted by atomic mass is 10.1. The number of nitrogens with one attached hydrogen (secondary N) is 1. The Hall–Kier alpha value is -3.34. The van der Waals surface area contributed by atoms with Crippen molar-refractivity contribution in [2.75, 3.05) is 0 Å². The number of halogens is 1. The van der Waals surface area contributed by atoms with Crippen molar-refractivity contribution < 1.29 is 4.39 Å². The molecule has 4 rings (SSSR count). The highest BCUT2D eigenvalue weighted by molar-refractivity contribution is 5.60. The molecule has 25 heavy (non-hydrogen) atoms. The molecule has 4 aromatic rings. The maximum absolute atomic E-state index is 13.7. The van der Waals surface area contributed by atoms with Crippen molar-refractivity contribution in [2.24, 2.45) is 0 Å². The number of aromatic amines is 1. The van der Waals surface area contributed by atoms with Gasteiger partial charge in [-0.15, -0.1) is 0 Å². The Balaban J connectivity index is 1.55. The van der Waals surface area contributed by atoms with Gasteiger partial charge in [0.1, 0.15) is 11.6 Å². The lowest BCUT2D eigenvalue weighted by Gasteiger charge is -2.02. The van der Waals surface area contributed by atoms with Crippen LogP contribution < -0.4 is 0 Å². The summed E-state index contributed by atoms with van der Waals surface area (Å²) in [4.78, 5) is 16.4. The van der Waals surface area contributed by atoms with Gasteiger partial charge < -0.3 is 4.98 Å². The molecule has 0 atom stereocenters. The second-order valence-corrected chi connectivity index (χ2v) is 5.67. The van der Waals surface area contributed by atoms with E-state index in [-0.39, 0.29) is 5.82 Å². The highest BCUT2D eigenvalue weighted by atomic mass is 19.1. The van der Waals surface area contributed by atoms with Gasteiger partial charge in [-0.3, -0.25) is 0 Å². The summed E-state index contributed by atoms with van der Waals surface area (Å²) in [6.07, 6.45) is 5.65. The van der Waals surface area contributed by atoms with Gasteiger partial charge in [-0.1, -0.05) is 48.5 Å². The smallest absolute Gasteiger partial charge is 0.159 e. The van der Waals surface area contributed by atoms with Crippen LogP contribution in [0, 0.1) is 5.82 Å². The molecule has 0 aliphatic heterocycles. The van der Waals surface area contributed by atoms with Crippen molar-refractivity contribution in [1.29, 1.82) is 0 Å². The van der Waals surface area contributed by atoms with E-state index in [0.717, 1.165) is 16.8 Å². The molecule has 5 heteroatoms. The Kier molecular flexibility index (Phi) is 4.04. The molecule has 0 amide bonds. The number of benzene rings is 2. The monoisotopic (exact) mass is 330 g/mol. The molecule has 2 heterocycles. The van der Waals surface area contributed by atoms with Crippen LogP contribution in [0.1, 0.15) is 11.4 Å². The third-order valence-electron chi connectivity index (χ3n) is 3.94. The summed E-state index contributed by atoms with van der Waals surface area (Å²) in [6.45, 7) is 0. The van der Waals surface area contributed by atoms with Gasteiger partial charge in [-0.05, 0) is 11.6 Å². The fourth-order valence-corrected chi connectivity index (χ4v) is 2.62. The molecule has 0 saturated carbocycles. The zero-order valence-corrected chi connectivity index (χ0v) is 13.4. The van der Waals surface area contributed by atoms with Crippen LogP contribution in [0.15, 0.2) is 73.2 Å². The van der Waals surface area contributed by atoms with Crippen molar-refractivity contribution in [3.05, 3.63) is 90.4 Å². The van der Waals surface area contributed by atoms with E-state index in [1.165, 1.54) is 6.07 Å². The summed E-state index contributed by atoms with van der Waals surface area (Å²) in [7, 11) is 0. The van der Waals surface area contributed by atoms with Crippen LogP contribution in [0.2, 0.25) is 0 Å². The molecule has 0 bridgehead atoms. The van der Waals surface area contributed by atoms with Gasteiger partial charge in [0.2, 0.25) is 0 Å². The first-order valence-electron chi connectivity index (χ1n) is 7.95. The Labute approximate surface area is 144 Å². The van der Waals surface area contributed by atoms with E-state index in [9.17, 15) is 4.39 Å². The molecule has 1 N–H and O–H groups in total. The Morgan fingerprint density at radius 2 is 1.48 bits per heavy atom. The van der Waals surface area contributed by atoms with E-state index in [1.54, 1.807) is 30.7 Å². The van der Waals surface area contributed by atoms with Crippen LogP contribution in [-0.4, -0.2) is 19.9 Å². The van der Waals surface area contributed by atoms with Gasteiger partial charge in [0.25, 0.3) is 0 Å². The number of rotatable bonds is 4. The molecule has 0 saturated heterocycles. The largest absolute Gasteiger partial charge is 0.342 e. The van der Waals surface area contributed by atoms with Crippen LogP contribution >= 0.6 is 0 Å². The number of nitrogens with zero attached hydrogens (tertiary/aromatic N) is 3. The first-order chi connectivity index (χ1) is 12.3. The minimum Gasteiger partial charge on any atom is -0.342 e. The third kappa shape index (κ3) is 3.30. The molecule has 0 unspecified atom stereocenters. The normalized spacial score (nSPS) is 10.8. The van der Waals surface area contributed by atoms with Crippen LogP contribution in [0.25, 0.3) is 22.6 Å². The molecule has 2 aromatic heterocycles. The molecule has 2 aromatic carbocycles. The number of hydrogen-bond donors (Lipinski definition) is 1. The zero-order chi connectivity index (χ0) is 17.1. The average Bonchev–Trinajstić information content (AvgIpc) is 3.13. The molecule has 0 radical (unpaired) electrons. The molecular formula is C20H15FN4. The minimum atomic E-state index is -0.226. The SMILES string of the molecule is Fc1ccccc1Cc1ncc(-c2cnc(-c3ccccc3)nc2)[nH]1. The van der Waals surface area contributed by atoms with Crippen LogP contribution in [0.5, 0.6) is 0 Å². The number of imidazole rings is 1. The van der Waals surface area contributed by atoms with E-state index in [0.29, 0.717) is 23.6 Å². The number of aromatic nitrogens is 4. The van der Waals surface area contributed by atoms with Gasteiger partial charge >= 0.3 is 0 Å². The predicted octanol–water partition coefficient (Wildman–Crippen LogP) is 4.26. The third-order valence-corrected chi connectivity index (χ3v) is 3.94. The Bertz CT molecular complexity index is 978. The molecule has 0 fully saturated rings. The van der Waals surface area contributed by atoms with Gasteiger partial charge in [-0.2, -0.15) is 0 Å². The average molecular weight is 330 g/mol. The number of hydrogen-bond acceptors (Lipinski definition) is 3. The van der Waals surface area contributed by atoms with Crippen molar-refractivity contribution >= 4 is 0 Å². The van der Waals surface area contributed by atoms with Gasteiger partial charge in [0.15, 0.2) is 5.82 Å². The Morgan fingerprint density at radius 3 is 2.24 bits per heavy atom. The first-order valence-corrected chi connectivity index (χ1v) is 7.95. The van der Waals surface area contributed by atoms with Gasteiger partial charge in [-0.25, -0.2) is 19.3 Å². The standard InChI is InChI=1S/C20H15FN4/c21-17-9-5-4-8-15(17)10-19-22-13-18(25-19)16-11-23-20(24-12-16)14-6-2-1-3-7-14/h1-9,11-13H,10H2,(H,22,25). The maximum atomic E-state index is 13.7. The second-order valence-electron chi connectivity index (χ2n) is 5.67. The molecule has 0 aliphatic rings. The molecule has 0 aliphatic carbocycles. The van der Waals surface area contributed by atoms with Gasteiger partial charge in [0, 0.05) is 29.9 Å². The quantitative estimate of drug-likeness (QED) is 0.608. The first kappa shape index (κ1) is 15.2. The van der Waals surface area contributed by atoms with Crippen LogP contribution in [0.3, 0.4) is 0 Å². The van der Waals surface area contributed by atoms with E-state index in [4.69, 9.17) is 0 Å². The fraction of sp³-hybridized carbons (Fsp3) is 0.0500. The fourth-order valence-electron chi connectivity index (χ4n) is 2.62. The minimum absolute atomic E-state index is 0.226. The van der Waals surface area contributed by atoms with Crippen molar-refractivity contribution in [2.45, 2.75) is 6.42 Å². The molecule has 122 valence electrons. The van der Waals surface area contributed by atoms with E-state index in [1.807, 2.05) is 36.4 Å². The van der Waals surface area contributed by atoms with Gasteiger partial charge in [0.05, 0.1) is 11.9 Å². The predicted molar refractivity (Wildman–Crippen MR) is 94.3 cm³/mol. The summed E-state index contributed by atoms with van der Waals surface area (Å²) >= 11 is 0. The summed E-state index contributed by atoms with van der Waals surface area (Å²) in [5.74, 6) is 1.15. The zero-order valence-electron chi connectivity index (χ0n) is 13.4. The summed E-state index contributed by atoms with van der Waals surface area (Å²) < 4.78 is 13.7. The Morgan fingerprint density at radius 1 is 0.760 bits per heavy atom. The highest BCUT2D eigenvalue weighted by Crippen LogP contribution is 2.20. The topological polar surface area (TPSA) is 54.5 Å². The molecule has 4 nitrogen and oxygen atoms in total. The lowest BCUT2D eigenvalue weighted by molar-refractivity contribution is 0.612. The van der Waals surface area contributed by atoms with Crippen molar-refractivity contribution in [3.63, 3.8) is 0 Å². The van der Waals surface area contributed by atoms with Crippen molar-refractivity contribution in [1.82, 2.24) is 19.9 Å². The van der Waals surface area contributed by atoms with Crippen LogP contribution in [-0.2, 0) is 6.42 Å². The van der Waals surface area contributed by atoms with Crippen LogP contribution in [0.4, 0.5) is 4.39 Å². The summed E-state index contributed by atoms with van der Waals surface area (Å²) in [6, 6.07) is 16.5. The van der Waals surface area contributed by atoms with E-state index < -0.39 is 0 Å². The molecule has 0 spiro atoms.